The number of H-pyrrole nitrogens is 1. The maximum absolute atomic E-state index is 12.8. The van der Waals surface area contributed by atoms with E-state index in [4.69, 9.17) is 0 Å². The van der Waals surface area contributed by atoms with Crippen LogP contribution in [0.2, 0.25) is 0 Å². The van der Waals surface area contributed by atoms with Crippen molar-refractivity contribution in [1.29, 1.82) is 0 Å². The van der Waals surface area contributed by atoms with Gasteiger partial charge >= 0.3 is 5.97 Å². The summed E-state index contributed by atoms with van der Waals surface area (Å²) in [6.45, 7) is 1.71. The molecule has 0 spiro atoms. The fraction of sp³-hybridized carbons (Fsp3) is 0.150. The first kappa shape index (κ1) is 21.3. The van der Waals surface area contributed by atoms with Crippen molar-refractivity contribution < 1.29 is 24.0 Å². The molecule has 0 aliphatic rings. The van der Waals surface area contributed by atoms with Gasteiger partial charge in [0, 0.05) is 17.8 Å². The molecular formula is C20H16N4O7. The average molecular weight is 424 g/mol. The van der Waals surface area contributed by atoms with Gasteiger partial charge < -0.3 is 15.0 Å². The second-order valence-electron chi connectivity index (χ2n) is 6.50. The number of hydrogen-bond acceptors (Lipinski definition) is 8. The molecule has 3 rings (SSSR count). The van der Waals surface area contributed by atoms with Gasteiger partial charge in [0.2, 0.25) is 5.78 Å². The van der Waals surface area contributed by atoms with E-state index in [2.05, 4.69) is 20.0 Å². The number of ketones is 1. The summed E-state index contributed by atoms with van der Waals surface area (Å²) in [5.74, 6) is -5.44. The van der Waals surface area contributed by atoms with E-state index >= 15 is 0 Å². The van der Waals surface area contributed by atoms with E-state index < -0.39 is 39.8 Å². The number of carbonyl (C=O) groups excluding carboxylic acids is 3. The Morgan fingerprint density at radius 2 is 1.90 bits per heavy atom. The van der Waals surface area contributed by atoms with Gasteiger partial charge in [0.15, 0.2) is 5.92 Å². The van der Waals surface area contributed by atoms with Crippen LogP contribution in [0.3, 0.4) is 0 Å². The number of amides is 1. The second kappa shape index (κ2) is 8.53. The van der Waals surface area contributed by atoms with E-state index in [9.17, 15) is 29.3 Å². The first-order valence-electron chi connectivity index (χ1n) is 8.90. The highest BCUT2D eigenvalue weighted by atomic mass is 16.6. The molecule has 0 aliphatic heterocycles. The first-order valence-corrected chi connectivity index (χ1v) is 8.90. The number of nitrogens with zero attached hydrogens (tertiary/aromatic N) is 2. The van der Waals surface area contributed by atoms with Gasteiger partial charge in [0.05, 0.1) is 23.1 Å². The number of aryl methyl sites for hydroxylation is 1. The summed E-state index contributed by atoms with van der Waals surface area (Å²) in [4.78, 5) is 66.8. The summed E-state index contributed by atoms with van der Waals surface area (Å²) in [6, 6.07) is 10.2. The van der Waals surface area contributed by atoms with Gasteiger partial charge in [0.25, 0.3) is 17.2 Å². The minimum absolute atomic E-state index is 0.0309. The number of rotatable bonds is 6. The molecule has 0 saturated carbocycles. The lowest BCUT2D eigenvalue weighted by Crippen LogP contribution is -2.37. The molecule has 1 heterocycles. The van der Waals surface area contributed by atoms with E-state index in [0.29, 0.717) is 11.3 Å². The zero-order valence-corrected chi connectivity index (χ0v) is 16.4. The lowest BCUT2D eigenvalue weighted by molar-refractivity contribution is -0.384. The zero-order valence-electron chi connectivity index (χ0n) is 16.4. The topological polar surface area (TPSA) is 161 Å². The molecule has 3 aromatic rings. The molecule has 0 radical (unpaired) electrons. The standard InChI is InChI=1S/C20H16N4O7/c1-10-5-3-4-6-12(10)22-19(27)17(25)15(20(28)31-2)16-18(26)23-14-9-11(24(29)30)7-8-13(14)21-16/h3-9,15H,1-2H3,(H,22,27)(H,23,26). The number of anilines is 1. The van der Waals surface area contributed by atoms with E-state index in [-0.39, 0.29) is 16.7 Å². The number of esters is 1. The smallest absolute Gasteiger partial charge is 0.323 e. The number of ether oxygens (including phenoxy) is 1. The number of aromatic nitrogens is 2. The molecule has 2 aromatic carbocycles. The number of fused-ring (bicyclic) bond motifs is 1. The Kier molecular flexibility index (Phi) is 5.86. The average Bonchev–Trinajstić information content (AvgIpc) is 2.75. The molecule has 1 amide bonds. The molecule has 158 valence electrons. The van der Waals surface area contributed by atoms with Crippen LogP contribution < -0.4 is 10.9 Å². The predicted molar refractivity (Wildman–Crippen MR) is 109 cm³/mol. The molecule has 1 unspecified atom stereocenters. The largest absolute Gasteiger partial charge is 0.468 e. The normalized spacial score (nSPS) is 11.5. The van der Waals surface area contributed by atoms with Crippen LogP contribution in [0, 0.1) is 17.0 Å². The maximum Gasteiger partial charge on any atom is 0.323 e. The lowest BCUT2D eigenvalue weighted by atomic mass is 9.99. The van der Waals surface area contributed by atoms with Crippen LogP contribution >= 0.6 is 0 Å². The van der Waals surface area contributed by atoms with Crippen molar-refractivity contribution >= 4 is 40.1 Å². The molecule has 11 nitrogen and oxygen atoms in total. The third kappa shape index (κ3) is 4.29. The monoisotopic (exact) mass is 424 g/mol. The van der Waals surface area contributed by atoms with Crippen LogP contribution in [0.1, 0.15) is 17.2 Å². The van der Waals surface area contributed by atoms with Crippen LogP contribution in [0.4, 0.5) is 11.4 Å². The molecular weight excluding hydrogens is 408 g/mol. The van der Waals surface area contributed by atoms with Crippen molar-refractivity contribution in [3.05, 3.63) is 74.2 Å². The fourth-order valence-electron chi connectivity index (χ4n) is 2.89. The molecule has 0 aliphatic carbocycles. The van der Waals surface area contributed by atoms with Crippen molar-refractivity contribution in [2.45, 2.75) is 12.8 Å². The second-order valence-corrected chi connectivity index (χ2v) is 6.50. The number of methoxy groups -OCH3 is 1. The summed E-state index contributed by atoms with van der Waals surface area (Å²) in [5.41, 5.74) is -0.641. The quantitative estimate of drug-likeness (QED) is 0.198. The summed E-state index contributed by atoms with van der Waals surface area (Å²) >= 11 is 0. The highest BCUT2D eigenvalue weighted by Gasteiger charge is 2.38. The van der Waals surface area contributed by atoms with Crippen LogP contribution in [-0.2, 0) is 19.1 Å². The van der Waals surface area contributed by atoms with Gasteiger partial charge in [-0.1, -0.05) is 18.2 Å². The highest BCUT2D eigenvalue weighted by Crippen LogP contribution is 2.21. The highest BCUT2D eigenvalue weighted by molar-refractivity contribution is 6.45. The number of Topliss-reactive ketones (excluding diaryl/α,β-unsaturated/α-hetero) is 1. The van der Waals surface area contributed by atoms with Gasteiger partial charge in [-0.15, -0.1) is 0 Å². The first-order chi connectivity index (χ1) is 14.7. The molecule has 0 bridgehead atoms. The minimum Gasteiger partial charge on any atom is -0.468 e. The minimum atomic E-state index is -1.92. The summed E-state index contributed by atoms with van der Waals surface area (Å²) in [7, 11) is 1.00. The van der Waals surface area contributed by atoms with Crippen molar-refractivity contribution in [3.8, 4) is 0 Å². The van der Waals surface area contributed by atoms with Crippen LogP contribution in [0.15, 0.2) is 47.3 Å². The van der Waals surface area contributed by atoms with Gasteiger partial charge in [0.1, 0.15) is 5.69 Å². The lowest BCUT2D eigenvalue weighted by Gasteiger charge is -2.14. The van der Waals surface area contributed by atoms with E-state index in [1.54, 1.807) is 31.2 Å². The Bertz CT molecular complexity index is 1280. The van der Waals surface area contributed by atoms with Crippen LogP contribution in [0.25, 0.3) is 11.0 Å². The van der Waals surface area contributed by atoms with Crippen LogP contribution in [-0.4, -0.2) is 39.7 Å². The Labute approximate surface area is 174 Å². The Balaban J connectivity index is 2.03. The number of carbonyl (C=O) groups is 3. The van der Waals surface area contributed by atoms with Gasteiger partial charge in [-0.05, 0) is 24.6 Å². The van der Waals surface area contributed by atoms with Crippen molar-refractivity contribution in [2.24, 2.45) is 0 Å². The predicted octanol–water partition coefficient (Wildman–Crippen LogP) is 1.60. The third-order valence-corrected chi connectivity index (χ3v) is 4.50. The van der Waals surface area contributed by atoms with Crippen molar-refractivity contribution in [2.75, 3.05) is 12.4 Å². The Morgan fingerprint density at radius 3 is 2.55 bits per heavy atom. The van der Waals surface area contributed by atoms with Crippen molar-refractivity contribution in [1.82, 2.24) is 9.97 Å². The number of nitro groups is 1. The van der Waals surface area contributed by atoms with E-state index in [1.807, 2.05) is 0 Å². The molecule has 0 fully saturated rings. The van der Waals surface area contributed by atoms with Gasteiger partial charge in [-0.25, -0.2) is 4.98 Å². The fourth-order valence-corrected chi connectivity index (χ4v) is 2.89. The van der Waals surface area contributed by atoms with Gasteiger partial charge in [-0.2, -0.15) is 0 Å². The molecule has 2 N–H and O–H groups in total. The number of non-ortho nitro benzene ring substituents is 1. The van der Waals surface area contributed by atoms with E-state index in [0.717, 1.165) is 19.2 Å². The summed E-state index contributed by atoms with van der Waals surface area (Å²) < 4.78 is 4.61. The van der Waals surface area contributed by atoms with Crippen molar-refractivity contribution in [3.63, 3.8) is 0 Å². The maximum atomic E-state index is 12.8. The molecule has 31 heavy (non-hydrogen) atoms. The SMILES string of the molecule is COC(=O)C(C(=O)C(=O)Nc1ccccc1C)c1nc2ccc([N+](=O)[O-])cc2[nH]c1=O. The number of aromatic amines is 1. The molecule has 11 heteroatoms. The Morgan fingerprint density at radius 1 is 1.19 bits per heavy atom. The zero-order chi connectivity index (χ0) is 22.7. The summed E-state index contributed by atoms with van der Waals surface area (Å²) in [5, 5.41) is 13.3. The molecule has 1 atom stereocenters. The Hall–Kier alpha value is -4.41. The number of para-hydroxylation sites is 1. The molecule has 0 saturated heterocycles. The number of benzene rings is 2. The van der Waals surface area contributed by atoms with Crippen LogP contribution in [0.5, 0.6) is 0 Å². The third-order valence-electron chi connectivity index (χ3n) is 4.50. The van der Waals surface area contributed by atoms with Gasteiger partial charge in [-0.3, -0.25) is 29.3 Å². The summed E-state index contributed by atoms with van der Waals surface area (Å²) in [6.07, 6.45) is 0. The van der Waals surface area contributed by atoms with E-state index in [1.165, 1.54) is 6.07 Å². The number of nitrogens with one attached hydrogen (secondary N) is 2. The molecule has 1 aromatic heterocycles. The number of nitro benzene ring substituents is 1. The number of hydrogen-bond donors (Lipinski definition) is 2.